The van der Waals surface area contributed by atoms with Crippen LogP contribution in [-0.4, -0.2) is 16.8 Å². The Kier molecular flexibility index (Phi) is 3.36. The molecule has 0 unspecified atom stereocenters. The lowest BCUT2D eigenvalue weighted by Gasteiger charge is -2.12. The van der Waals surface area contributed by atoms with E-state index < -0.39 is 0 Å². The summed E-state index contributed by atoms with van der Waals surface area (Å²) in [6.07, 6.45) is 0.826. The largest absolute Gasteiger partial charge is 0.378 e. The Morgan fingerprint density at radius 1 is 1.44 bits per heavy atom. The van der Waals surface area contributed by atoms with Gasteiger partial charge >= 0.3 is 0 Å². The van der Waals surface area contributed by atoms with Crippen molar-refractivity contribution in [1.82, 2.24) is 0 Å². The molecule has 0 saturated carbocycles. The summed E-state index contributed by atoms with van der Waals surface area (Å²) in [6.45, 7) is 0.817. The van der Waals surface area contributed by atoms with Gasteiger partial charge in [0, 0.05) is 18.0 Å². The number of hydrazone groups is 1. The molecule has 1 aliphatic rings. The third-order valence-corrected chi connectivity index (χ3v) is 3.12. The monoisotopic (exact) mass is 254 g/mol. The average Bonchev–Trinajstić information content (AvgIpc) is 2.66. The van der Waals surface area contributed by atoms with Gasteiger partial charge in [0.05, 0.1) is 5.69 Å². The molecule has 1 aliphatic heterocycles. The number of amidine groups is 1. The van der Waals surface area contributed by atoms with Gasteiger partial charge in [-0.2, -0.15) is 5.10 Å². The highest BCUT2D eigenvalue weighted by molar-refractivity contribution is 8.26. The van der Waals surface area contributed by atoms with E-state index in [4.69, 9.17) is 22.7 Å². The van der Waals surface area contributed by atoms with Crippen LogP contribution < -0.4 is 10.7 Å². The van der Waals surface area contributed by atoms with E-state index in [0.717, 1.165) is 23.7 Å². The van der Waals surface area contributed by atoms with Crippen molar-refractivity contribution in [2.75, 3.05) is 11.6 Å². The molecule has 4 nitrogen and oxygen atoms in total. The standard InChI is InChI=1S/C10H11ClN4S/c11-7-1-3-8(4-2-7)15-6-5-9(14-15)16-10(12)13/h1-4H,5-6H2,(H3,12,13). The third kappa shape index (κ3) is 2.68. The SMILES string of the molecule is N=C(N)SC1=NN(c2ccc(Cl)cc2)CC1. The number of anilines is 1. The molecule has 1 aromatic carbocycles. The molecule has 0 amide bonds. The van der Waals surface area contributed by atoms with Crippen molar-refractivity contribution in [3.63, 3.8) is 0 Å². The zero-order chi connectivity index (χ0) is 11.5. The van der Waals surface area contributed by atoms with Crippen LogP contribution in [-0.2, 0) is 0 Å². The molecule has 0 atom stereocenters. The van der Waals surface area contributed by atoms with Gasteiger partial charge in [0.1, 0.15) is 5.04 Å². The second-order valence-electron chi connectivity index (χ2n) is 3.31. The van der Waals surface area contributed by atoms with Gasteiger partial charge < -0.3 is 5.73 Å². The Bertz CT molecular complexity index is 429. The predicted molar refractivity (Wildman–Crippen MR) is 70.4 cm³/mol. The molecule has 84 valence electrons. The number of benzene rings is 1. The lowest BCUT2D eigenvalue weighted by Crippen LogP contribution is -2.11. The van der Waals surface area contributed by atoms with Gasteiger partial charge in [-0.1, -0.05) is 11.6 Å². The highest BCUT2D eigenvalue weighted by atomic mass is 35.5. The van der Waals surface area contributed by atoms with Crippen LogP contribution in [0.3, 0.4) is 0 Å². The van der Waals surface area contributed by atoms with Crippen LogP contribution in [0.15, 0.2) is 29.4 Å². The van der Waals surface area contributed by atoms with Crippen molar-refractivity contribution < 1.29 is 0 Å². The minimum atomic E-state index is 0.0803. The zero-order valence-electron chi connectivity index (χ0n) is 8.48. The first-order valence-corrected chi connectivity index (χ1v) is 5.97. The average molecular weight is 255 g/mol. The first kappa shape index (κ1) is 11.3. The van der Waals surface area contributed by atoms with Crippen LogP contribution in [0.4, 0.5) is 5.69 Å². The molecule has 0 aromatic heterocycles. The number of thioether (sulfide) groups is 1. The lowest BCUT2D eigenvalue weighted by atomic mass is 10.3. The normalized spacial score (nSPS) is 15.1. The molecule has 3 N–H and O–H groups in total. The van der Waals surface area contributed by atoms with E-state index in [2.05, 4.69) is 5.10 Å². The molecule has 1 aromatic rings. The lowest BCUT2D eigenvalue weighted by molar-refractivity contribution is 0.922. The number of rotatable bonds is 1. The summed E-state index contributed by atoms with van der Waals surface area (Å²) in [5.74, 6) is 0. The van der Waals surface area contributed by atoms with E-state index in [9.17, 15) is 0 Å². The summed E-state index contributed by atoms with van der Waals surface area (Å²) < 4.78 is 0. The summed E-state index contributed by atoms with van der Waals surface area (Å²) in [5, 5.41) is 15.1. The van der Waals surface area contributed by atoms with Crippen LogP contribution in [0, 0.1) is 5.41 Å². The first-order chi connectivity index (χ1) is 7.65. The van der Waals surface area contributed by atoms with Gasteiger partial charge in [0.2, 0.25) is 0 Å². The molecule has 0 spiro atoms. The second-order valence-corrected chi connectivity index (χ2v) is 4.86. The van der Waals surface area contributed by atoms with Gasteiger partial charge in [0.15, 0.2) is 5.17 Å². The van der Waals surface area contributed by atoms with Crippen molar-refractivity contribution in [1.29, 1.82) is 5.41 Å². The molecular weight excluding hydrogens is 244 g/mol. The maximum absolute atomic E-state index is 7.18. The van der Waals surface area contributed by atoms with Gasteiger partial charge in [-0.25, -0.2) is 0 Å². The predicted octanol–water partition coefficient (Wildman–Crippen LogP) is 2.49. The molecule has 2 rings (SSSR count). The van der Waals surface area contributed by atoms with Crippen molar-refractivity contribution in [2.24, 2.45) is 10.8 Å². The quantitative estimate of drug-likeness (QED) is 0.598. The van der Waals surface area contributed by atoms with Crippen LogP contribution in [0.1, 0.15) is 6.42 Å². The zero-order valence-corrected chi connectivity index (χ0v) is 10.1. The molecule has 0 fully saturated rings. The van der Waals surface area contributed by atoms with Crippen LogP contribution in [0.25, 0.3) is 0 Å². The van der Waals surface area contributed by atoms with E-state index in [1.54, 1.807) is 0 Å². The molecule has 0 bridgehead atoms. The Morgan fingerprint density at radius 3 is 2.75 bits per heavy atom. The van der Waals surface area contributed by atoms with Crippen molar-refractivity contribution in [2.45, 2.75) is 6.42 Å². The molecule has 6 heteroatoms. The first-order valence-electron chi connectivity index (χ1n) is 4.77. The van der Waals surface area contributed by atoms with Gasteiger partial charge in [-0.3, -0.25) is 10.4 Å². The summed E-state index contributed by atoms with van der Waals surface area (Å²) in [6, 6.07) is 7.52. The summed E-state index contributed by atoms with van der Waals surface area (Å²) >= 11 is 7.02. The maximum Gasteiger partial charge on any atom is 0.157 e. The number of nitrogens with one attached hydrogen (secondary N) is 1. The molecule has 0 saturated heterocycles. The number of hydrogen-bond acceptors (Lipinski definition) is 4. The van der Waals surface area contributed by atoms with Gasteiger partial charge in [-0.15, -0.1) is 0 Å². The molecule has 16 heavy (non-hydrogen) atoms. The van der Waals surface area contributed by atoms with Crippen LogP contribution in [0.2, 0.25) is 5.02 Å². The fraction of sp³-hybridized carbons (Fsp3) is 0.200. The molecule has 1 heterocycles. The molecule has 0 radical (unpaired) electrons. The Labute approximate surface area is 103 Å². The van der Waals surface area contributed by atoms with E-state index in [-0.39, 0.29) is 5.17 Å². The Morgan fingerprint density at radius 2 is 2.12 bits per heavy atom. The molecule has 0 aliphatic carbocycles. The van der Waals surface area contributed by atoms with E-state index in [1.807, 2.05) is 29.3 Å². The van der Waals surface area contributed by atoms with Crippen molar-refractivity contribution >= 4 is 39.3 Å². The Balaban J connectivity index is 2.10. The summed E-state index contributed by atoms with van der Waals surface area (Å²) in [7, 11) is 0. The van der Waals surface area contributed by atoms with Crippen LogP contribution >= 0.6 is 23.4 Å². The molecular formula is C10H11ClN4S. The topological polar surface area (TPSA) is 65.5 Å². The van der Waals surface area contributed by atoms with E-state index >= 15 is 0 Å². The van der Waals surface area contributed by atoms with E-state index in [0.29, 0.717) is 5.02 Å². The maximum atomic E-state index is 7.18. The minimum Gasteiger partial charge on any atom is -0.378 e. The summed E-state index contributed by atoms with van der Waals surface area (Å²) in [5.41, 5.74) is 6.31. The fourth-order valence-electron chi connectivity index (χ4n) is 1.43. The Hall–Kier alpha value is -1.20. The number of halogens is 1. The highest BCUT2D eigenvalue weighted by Crippen LogP contribution is 2.24. The van der Waals surface area contributed by atoms with Crippen molar-refractivity contribution in [3.8, 4) is 0 Å². The van der Waals surface area contributed by atoms with Gasteiger partial charge in [0.25, 0.3) is 0 Å². The third-order valence-electron chi connectivity index (χ3n) is 2.12. The number of nitrogens with two attached hydrogens (primary N) is 1. The summed E-state index contributed by atoms with van der Waals surface area (Å²) in [4.78, 5) is 0. The van der Waals surface area contributed by atoms with Gasteiger partial charge in [-0.05, 0) is 36.0 Å². The minimum absolute atomic E-state index is 0.0803. The second kappa shape index (κ2) is 4.76. The fourth-order valence-corrected chi connectivity index (χ4v) is 2.15. The number of nitrogens with zero attached hydrogens (tertiary/aromatic N) is 2. The highest BCUT2D eigenvalue weighted by Gasteiger charge is 2.16. The number of hydrogen-bond donors (Lipinski definition) is 2. The smallest absolute Gasteiger partial charge is 0.157 e. The van der Waals surface area contributed by atoms with Crippen molar-refractivity contribution in [3.05, 3.63) is 29.3 Å². The van der Waals surface area contributed by atoms with E-state index in [1.165, 1.54) is 11.8 Å². The van der Waals surface area contributed by atoms with Crippen LogP contribution in [0.5, 0.6) is 0 Å².